The zero-order valence-electron chi connectivity index (χ0n) is 23.3. The maximum absolute atomic E-state index is 13.5. The van der Waals surface area contributed by atoms with E-state index in [0.717, 1.165) is 23.5 Å². The molecule has 3 aliphatic rings. The highest BCUT2D eigenvalue weighted by Crippen LogP contribution is 2.39. The molecular formula is C30H36F6N2O3S. The van der Waals surface area contributed by atoms with Crippen molar-refractivity contribution in [3.63, 3.8) is 0 Å². The first-order valence-electron chi connectivity index (χ1n) is 14.7. The van der Waals surface area contributed by atoms with E-state index in [1.807, 2.05) is 5.38 Å². The topological polar surface area (TPSA) is 51.7 Å². The third-order valence-electron chi connectivity index (χ3n) is 8.80. The smallest absolute Gasteiger partial charge is 0.347 e. The quantitative estimate of drug-likeness (QED) is 0.325. The monoisotopic (exact) mass is 618 g/mol. The van der Waals surface area contributed by atoms with Crippen LogP contribution in [0, 0.1) is 11.8 Å². The summed E-state index contributed by atoms with van der Waals surface area (Å²) in [5.41, 5.74) is -2.36. The van der Waals surface area contributed by atoms with Gasteiger partial charge in [-0.1, -0.05) is 32.1 Å². The van der Waals surface area contributed by atoms with Crippen LogP contribution < -0.4 is 0 Å². The molecule has 1 aliphatic carbocycles. The Balaban J connectivity index is 1.17. The molecule has 1 aromatic carbocycles. The second-order valence-corrected chi connectivity index (χ2v) is 12.6. The summed E-state index contributed by atoms with van der Waals surface area (Å²) in [6, 6.07) is 1.23. The molecular weight excluding hydrogens is 582 g/mol. The van der Waals surface area contributed by atoms with Gasteiger partial charge < -0.3 is 14.4 Å². The van der Waals surface area contributed by atoms with Gasteiger partial charge in [-0.05, 0) is 61.3 Å². The van der Waals surface area contributed by atoms with Gasteiger partial charge in [0.15, 0.2) is 0 Å². The Morgan fingerprint density at radius 1 is 0.881 bits per heavy atom. The minimum Gasteiger partial charge on any atom is -0.347 e. The lowest BCUT2D eigenvalue weighted by Crippen LogP contribution is -2.39. The molecule has 0 radical (unpaired) electrons. The van der Waals surface area contributed by atoms with Crippen molar-refractivity contribution < 1.29 is 40.6 Å². The van der Waals surface area contributed by atoms with Crippen LogP contribution in [0.4, 0.5) is 26.3 Å². The Morgan fingerprint density at radius 3 is 2.10 bits per heavy atom. The molecule has 2 aromatic rings. The number of hydrogen-bond acceptors (Lipinski definition) is 5. The molecule has 232 valence electrons. The fourth-order valence-corrected chi connectivity index (χ4v) is 7.33. The summed E-state index contributed by atoms with van der Waals surface area (Å²) in [5.74, 6) is 0.436. The van der Waals surface area contributed by atoms with E-state index in [-0.39, 0.29) is 5.92 Å². The van der Waals surface area contributed by atoms with Crippen LogP contribution in [0.3, 0.4) is 0 Å². The second kappa shape index (κ2) is 13.2. The summed E-state index contributed by atoms with van der Waals surface area (Å²) < 4.78 is 92.2. The molecule has 2 unspecified atom stereocenters. The van der Waals surface area contributed by atoms with Gasteiger partial charge in [0.05, 0.1) is 35.8 Å². The molecule has 1 amide bonds. The van der Waals surface area contributed by atoms with E-state index in [1.54, 1.807) is 0 Å². The molecule has 1 saturated carbocycles. The summed E-state index contributed by atoms with van der Waals surface area (Å²) in [4.78, 5) is 19.1. The average Bonchev–Trinajstić information content (AvgIpc) is 3.39. The SMILES string of the molecule is O=C(Cc1cc(C(F)(F)F)ccc1C(F)(F)F)N1CCC(c2nc(C3OCC4CCCCCCCC4CO3)cs2)CC1. The van der Waals surface area contributed by atoms with Crippen molar-refractivity contribution in [3.05, 3.63) is 51.0 Å². The van der Waals surface area contributed by atoms with Crippen molar-refractivity contribution in [1.82, 2.24) is 9.88 Å². The number of piperidine rings is 1. The van der Waals surface area contributed by atoms with Gasteiger partial charge in [-0.2, -0.15) is 26.3 Å². The first-order chi connectivity index (χ1) is 20.0. The van der Waals surface area contributed by atoms with Crippen LogP contribution >= 0.6 is 11.3 Å². The Morgan fingerprint density at radius 2 is 1.50 bits per heavy atom. The van der Waals surface area contributed by atoms with E-state index >= 15 is 0 Å². The maximum Gasteiger partial charge on any atom is 0.416 e. The molecule has 2 atom stereocenters. The minimum atomic E-state index is -4.87. The lowest BCUT2D eigenvalue weighted by molar-refractivity contribution is -0.142. The Kier molecular flexibility index (Phi) is 9.83. The molecule has 42 heavy (non-hydrogen) atoms. The van der Waals surface area contributed by atoms with Crippen LogP contribution in [-0.4, -0.2) is 42.1 Å². The van der Waals surface area contributed by atoms with Crippen molar-refractivity contribution in [2.24, 2.45) is 11.8 Å². The van der Waals surface area contributed by atoms with Crippen molar-refractivity contribution in [2.75, 3.05) is 26.3 Å². The number of rotatable bonds is 4. The third-order valence-corrected chi connectivity index (χ3v) is 9.82. The van der Waals surface area contributed by atoms with Crippen molar-refractivity contribution >= 4 is 17.2 Å². The fraction of sp³-hybridized carbons (Fsp3) is 0.667. The van der Waals surface area contributed by atoms with Gasteiger partial charge in [0.2, 0.25) is 12.2 Å². The number of likely N-dealkylation sites (tertiary alicyclic amines) is 1. The number of carbonyl (C=O) groups is 1. The zero-order valence-corrected chi connectivity index (χ0v) is 24.1. The van der Waals surface area contributed by atoms with Crippen molar-refractivity contribution in [2.45, 2.75) is 88.8 Å². The maximum atomic E-state index is 13.5. The number of carbonyl (C=O) groups excluding carboxylic acids is 1. The number of aromatic nitrogens is 1. The van der Waals surface area contributed by atoms with Gasteiger partial charge >= 0.3 is 12.4 Å². The lowest BCUT2D eigenvalue weighted by atomic mass is 9.86. The highest BCUT2D eigenvalue weighted by atomic mass is 32.1. The van der Waals surface area contributed by atoms with E-state index in [2.05, 4.69) is 0 Å². The summed E-state index contributed by atoms with van der Waals surface area (Å²) in [7, 11) is 0. The fourth-order valence-electron chi connectivity index (χ4n) is 6.33. The Labute approximate surface area is 245 Å². The number of amides is 1. The molecule has 0 N–H and O–H groups in total. The molecule has 0 bridgehead atoms. The van der Waals surface area contributed by atoms with Gasteiger partial charge in [0, 0.05) is 24.4 Å². The first-order valence-corrected chi connectivity index (χ1v) is 15.6. The molecule has 2 saturated heterocycles. The molecule has 5 nitrogen and oxygen atoms in total. The molecule has 3 fully saturated rings. The van der Waals surface area contributed by atoms with E-state index in [4.69, 9.17) is 14.5 Å². The standard InChI is InChI=1S/C30H36F6N2O3S/c31-29(32,33)23-8-9-24(30(34,35)36)22(14-23)15-26(39)38-12-10-19(11-13-38)27-37-25(18-42-27)28-40-16-20-6-4-2-1-3-5-7-21(20)17-41-28/h8-9,14,18-21,28H,1-7,10-13,15-17H2. The zero-order chi connectivity index (χ0) is 29.9. The number of ether oxygens (including phenoxy) is 2. The number of benzene rings is 1. The largest absolute Gasteiger partial charge is 0.416 e. The van der Waals surface area contributed by atoms with Gasteiger partial charge in [-0.15, -0.1) is 11.3 Å². The molecule has 0 spiro atoms. The van der Waals surface area contributed by atoms with Gasteiger partial charge in [0.1, 0.15) is 5.69 Å². The Hall–Kier alpha value is -2.18. The van der Waals surface area contributed by atoms with Crippen LogP contribution in [0.1, 0.15) is 97.4 Å². The number of alkyl halides is 6. The molecule has 3 heterocycles. The average molecular weight is 619 g/mol. The molecule has 12 heteroatoms. The third kappa shape index (κ3) is 7.66. The van der Waals surface area contributed by atoms with Crippen LogP contribution in [0.2, 0.25) is 0 Å². The molecule has 5 rings (SSSR count). The summed E-state index contributed by atoms with van der Waals surface area (Å²) in [5, 5.41) is 2.84. The van der Waals surface area contributed by atoms with Crippen LogP contribution in [0.15, 0.2) is 23.6 Å². The highest BCUT2D eigenvalue weighted by molar-refractivity contribution is 7.09. The van der Waals surface area contributed by atoms with Crippen molar-refractivity contribution in [3.8, 4) is 0 Å². The van der Waals surface area contributed by atoms with E-state index in [9.17, 15) is 31.1 Å². The van der Waals surface area contributed by atoms with E-state index in [0.29, 0.717) is 69.2 Å². The number of nitrogens with zero attached hydrogens (tertiary/aromatic N) is 2. The van der Waals surface area contributed by atoms with E-state index in [1.165, 1.54) is 48.3 Å². The Bertz CT molecular complexity index is 1190. The predicted molar refractivity (Wildman–Crippen MR) is 145 cm³/mol. The number of thiazole rings is 1. The summed E-state index contributed by atoms with van der Waals surface area (Å²) >= 11 is 1.51. The molecule has 2 aliphatic heterocycles. The summed E-state index contributed by atoms with van der Waals surface area (Å²) in [6.07, 6.45) is -1.21. The summed E-state index contributed by atoms with van der Waals surface area (Å²) in [6.45, 7) is 1.90. The predicted octanol–water partition coefficient (Wildman–Crippen LogP) is 8.15. The van der Waals surface area contributed by atoms with Crippen LogP contribution in [0.25, 0.3) is 0 Å². The highest BCUT2D eigenvalue weighted by Gasteiger charge is 2.38. The van der Waals surface area contributed by atoms with Gasteiger partial charge in [-0.25, -0.2) is 4.98 Å². The van der Waals surface area contributed by atoms with Crippen molar-refractivity contribution in [1.29, 1.82) is 0 Å². The normalized spacial score (nSPS) is 25.2. The van der Waals surface area contributed by atoms with Crippen LogP contribution in [-0.2, 0) is 33.0 Å². The lowest BCUT2D eigenvalue weighted by Gasteiger charge is -2.31. The van der Waals surface area contributed by atoms with E-state index < -0.39 is 47.7 Å². The number of fused-ring (bicyclic) bond motifs is 1. The second-order valence-electron chi connectivity index (χ2n) is 11.7. The van der Waals surface area contributed by atoms with Gasteiger partial charge in [-0.3, -0.25) is 4.79 Å². The number of hydrogen-bond donors (Lipinski definition) is 0. The molecule has 1 aromatic heterocycles. The number of halogens is 6. The minimum absolute atomic E-state index is 0.0660. The van der Waals surface area contributed by atoms with Crippen LogP contribution in [0.5, 0.6) is 0 Å². The van der Waals surface area contributed by atoms with Gasteiger partial charge in [0.25, 0.3) is 0 Å². The first kappa shape index (κ1) is 31.3.